The Bertz CT molecular complexity index is 839. The van der Waals surface area contributed by atoms with Gasteiger partial charge in [0.15, 0.2) is 5.82 Å². The summed E-state index contributed by atoms with van der Waals surface area (Å²) >= 11 is 1.64. The Morgan fingerprint density at radius 3 is 2.81 bits per heavy atom. The predicted octanol–water partition coefficient (Wildman–Crippen LogP) is 2.97. The minimum Gasteiger partial charge on any atom is -0.307 e. The van der Waals surface area contributed by atoms with Gasteiger partial charge in [0.05, 0.1) is 10.2 Å². The summed E-state index contributed by atoms with van der Waals surface area (Å²) in [6.07, 6.45) is 7.35. The maximum Gasteiger partial charge on any atom is 0.161 e. The van der Waals surface area contributed by atoms with Crippen molar-refractivity contribution in [2.75, 3.05) is 5.43 Å². The second-order valence-corrected chi connectivity index (χ2v) is 6.40. The van der Waals surface area contributed by atoms with Crippen LogP contribution in [0.15, 0.2) is 6.33 Å². The highest BCUT2D eigenvalue weighted by molar-refractivity contribution is 7.26. The topological polar surface area (TPSA) is 76.7 Å². The lowest BCUT2D eigenvalue weighted by Gasteiger charge is -2.19. The number of hydrogen-bond donors (Lipinski definition) is 2. The van der Waals surface area contributed by atoms with Gasteiger partial charge >= 0.3 is 0 Å². The van der Waals surface area contributed by atoms with Gasteiger partial charge in [-0.05, 0) is 43.2 Å². The zero-order valence-electron chi connectivity index (χ0n) is 11.9. The monoisotopic (exact) mass is 299 g/mol. The van der Waals surface area contributed by atoms with Crippen molar-refractivity contribution in [3.8, 4) is 0 Å². The average Bonchev–Trinajstić information content (AvgIpc) is 2.92. The first kappa shape index (κ1) is 12.9. The van der Waals surface area contributed by atoms with Crippen molar-refractivity contribution >= 4 is 37.6 Å². The molecule has 3 heterocycles. The molecule has 1 aliphatic carbocycles. The van der Waals surface area contributed by atoms with Crippen LogP contribution in [-0.2, 0) is 19.3 Å². The van der Waals surface area contributed by atoms with E-state index in [1.54, 1.807) is 17.7 Å². The van der Waals surface area contributed by atoms with Crippen molar-refractivity contribution in [3.63, 3.8) is 0 Å². The molecule has 0 spiro atoms. The number of anilines is 1. The van der Waals surface area contributed by atoms with E-state index in [0.717, 1.165) is 34.3 Å². The molecule has 3 aromatic heterocycles. The lowest BCUT2D eigenvalue weighted by atomic mass is 9.88. The molecule has 0 aromatic carbocycles. The number of rotatable bonds is 2. The largest absolute Gasteiger partial charge is 0.307 e. The number of nitrogens with two attached hydrogens (primary N) is 1. The van der Waals surface area contributed by atoms with E-state index in [0.29, 0.717) is 5.82 Å². The highest BCUT2D eigenvalue weighted by Crippen LogP contribution is 2.40. The third-order valence-electron chi connectivity index (χ3n) is 4.28. The number of hydrazine groups is 1. The van der Waals surface area contributed by atoms with Gasteiger partial charge in [0, 0.05) is 11.1 Å². The molecule has 3 N–H and O–H groups in total. The van der Waals surface area contributed by atoms with Crippen LogP contribution in [0.5, 0.6) is 0 Å². The minimum absolute atomic E-state index is 0.686. The van der Waals surface area contributed by atoms with Gasteiger partial charge < -0.3 is 5.43 Å². The van der Waals surface area contributed by atoms with Crippen molar-refractivity contribution in [1.82, 2.24) is 15.0 Å². The highest BCUT2D eigenvalue weighted by atomic mass is 32.1. The number of pyridine rings is 1. The normalized spacial score (nSPS) is 14.6. The van der Waals surface area contributed by atoms with Crippen molar-refractivity contribution in [2.24, 2.45) is 5.84 Å². The first-order valence-electron chi connectivity index (χ1n) is 7.38. The molecule has 0 amide bonds. The van der Waals surface area contributed by atoms with Gasteiger partial charge in [0.2, 0.25) is 0 Å². The molecule has 3 aromatic rings. The van der Waals surface area contributed by atoms with Gasteiger partial charge in [-0.15, -0.1) is 11.3 Å². The van der Waals surface area contributed by atoms with Crippen LogP contribution in [0, 0.1) is 0 Å². The summed E-state index contributed by atoms with van der Waals surface area (Å²) in [5, 5.41) is 1.22. The van der Waals surface area contributed by atoms with E-state index in [1.807, 2.05) is 0 Å². The fraction of sp³-hybridized carbons (Fsp3) is 0.400. The Morgan fingerprint density at radius 2 is 2.05 bits per heavy atom. The Hall–Kier alpha value is -1.79. The van der Waals surface area contributed by atoms with Crippen LogP contribution < -0.4 is 11.3 Å². The molecule has 5 nitrogen and oxygen atoms in total. The molecule has 0 atom stereocenters. The zero-order chi connectivity index (χ0) is 14.4. The first-order chi connectivity index (χ1) is 10.3. The number of nitrogens with one attached hydrogen (secondary N) is 1. The van der Waals surface area contributed by atoms with E-state index >= 15 is 0 Å². The number of nitrogens with zero attached hydrogens (tertiary/aromatic N) is 3. The molecule has 0 saturated heterocycles. The molecule has 0 unspecified atom stereocenters. The Kier molecular flexibility index (Phi) is 3.01. The van der Waals surface area contributed by atoms with E-state index in [-0.39, 0.29) is 0 Å². The van der Waals surface area contributed by atoms with Crippen molar-refractivity contribution in [3.05, 3.63) is 23.1 Å². The summed E-state index contributed by atoms with van der Waals surface area (Å²) in [4.78, 5) is 14.7. The molecule has 0 radical (unpaired) electrons. The van der Waals surface area contributed by atoms with Crippen LogP contribution in [0.3, 0.4) is 0 Å². The van der Waals surface area contributed by atoms with Gasteiger partial charge in [-0.2, -0.15) is 0 Å². The van der Waals surface area contributed by atoms with Crippen LogP contribution in [-0.4, -0.2) is 15.0 Å². The Labute approximate surface area is 126 Å². The molecule has 108 valence electrons. The number of fused-ring (bicyclic) bond motifs is 5. The molecule has 21 heavy (non-hydrogen) atoms. The highest BCUT2D eigenvalue weighted by Gasteiger charge is 2.22. The van der Waals surface area contributed by atoms with E-state index < -0.39 is 0 Å². The number of thiophene rings is 1. The fourth-order valence-electron chi connectivity index (χ4n) is 3.33. The van der Waals surface area contributed by atoms with E-state index in [2.05, 4.69) is 22.3 Å². The van der Waals surface area contributed by atoms with Gasteiger partial charge in [-0.3, -0.25) is 0 Å². The third-order valence-corrected chi connectivity index (χ3v) is 5.36. The number of aryl methyl sites for hydroxylation is 2. The molecule has 0 fully saturated rings. The summed E-state index contributed by atoms with van der Waals surface area (Å²) in [6, 6.07) is 0. The van der Waals surface area contributed by atoms with Crippen LogP contribution in [0.2, 0.25) is 0 Å². The second kappa shape index (κ2) is 4.89. The smallest absolute Gasteiger partial charge is 0.161 e. The summed E-state index contributed by atoms with van der Waals surface area (Å²) in [5.74, 6) is 6.26. The zero-order valence-corrected chi connectivity index (χ0v) is 12.8. The number of aromatic nitrogens is 3. The number of nitrogen functional groups attached to an aromatic ring is 1. The first-order valence-corrected chi connectivity index (χ1v) is 8.19. The average molecular weight is 299 g/mol. The predicted molar refractivity (Wildman–Crippen MR) is 86.5 cm³/mol. The van der Waals surface area contributed by atoms with Crippen molar-refractivity contribution in [2.45, 2.75) is 39.0 Å². The van der Waals surface area contributed by atoms with Gasteiger partial charge in [-0.1, -0.05) is 6.92 Å². The lowest BCUT2D eigenvalue weighted by molar-refractivity contribution is 0.679. The third kappa shape index (κ3) is 1.82. The summed E-state index contributed by atoms with van der Waals surface area (Å²) < 4.78 is 1.00. The molecule has 6 heteroatoms. The second-order valence-electron chi connectivity index (χ2n) is 5.40. The maximum absolute atomic E-state index is 5.58. The summed E-state index contributed by atoms with van der Waals surface area (Å²) in [5.41, 5.74) is 7.82. The minimum atomic E-state index is 0.686. The van der Waals surface area contributed by atoms with Crippen LogP contribution >= 0.6 is 11.3 Å². The van der Waals surface area contributed by atoms with Crippen LogP contribution in [0.4, 0.5) is 5.82 Å². The molecule has 0 aliphatic heterocycles. The fourth-order valence-corrected chi connectivity index (χ4v) is 4.46. The van der Waals surface area contributed by atoms with E-state index in [1.165, 1.54) is 35.0 Å². The SMILES string of the molecule is CCc1nc2sc3c(NN)ncnc3c2c2c1CCCC2. The molecule has 1 aliphatic rings. The molecular formula is C15H17N5S. The van der Waals surface area contributed by atoms with Gasteiger partial charge in [0.1, 0.15) is 11.2 Å². The van der Waals surface area contributed by atoms with Crippen molar-refractivity contribution < 1.29 is 0 Å². The quantitative estimate of drug-likeness (QED) is 0.562. The Morgan fingerprint density at radius 1 is 1.24 bits per heavy atom. The van der Waals surface area contributed by atoms with Gasteiger partial charge in [-0.25, -0.2) is 20.8 Å². The number of hydrogen-bond acceptors (Lipinski definition) is 6. The van der Waals surface area contributed by atoms with E-state index in [9.17, 15) is 0 Å². The van der Waals surface area contributed by atoms with Crippen LogP contribution in [0.25, 0.3) is 20.4 Å². The summed E-state index contributed by atoms with van der Waals surface area (Å²) in [7, 11) is 0. The van der Waals surface area contributed by atoms with Crippen LogP contribution in [0.1, 0.15) is 36.6 Å². The maximum atomic E-state index is 5.58. The molecule has 0 bridgehead atoms. The van der Waals surface area contributed by atoms with Crippen molar-refractivity contribution in [1.29, 1.82) is 0 Å². The summed E-state index contributed by atoms with van der Waals surface area (Å²) in [6.45, 7) is 2.18. The molecule has 4 rings (SSSR count). The standard InChI is InChI=1S/C15H17N5S/c1-2-10-8-5-3-4-6-9(8)11-12-13(21-15(11)19-10)14(20-16)18-7-17-12/h7H,2-6,16H2,1H3,(H,17,18,20). The Balaban J connectivity index is 2.16. The van der Waals surface area contributed by atoms with Gasteiger partial charge in [0.25, 0.3) is 0 Å². The molecule has 0 saturated carbocycles. The lowest BCUT2D eigenvalue weighted by Crippen LogP contribution is -2.09. The van der Waals surface area contributed by atoms with E-state index in [4.69, 9.17) is 10.8 Å². The molecular weight excluding hydrogens is 282 g/mol.